The second kappa shape index (κ2) is 10.1. The van der Waals surface area contributed by atoms with E-state index in [-0.39, 0.29) is 36.0 Å². The molecule has 1 amide bonds. The number of morpholine rings is 1. The fourth-order valence-corrected chi connectivity index (χ4v) is 5.37. The minimum atomic E-state index is -0.263. The number of hydrazine groups is 1. The normalized spacial score (nSPS) is 25.9. The number of amides is 1. The number of hydrogen-bond donors (Lipinski definition) is 2. The van der Waals surface area contributed by atoms with Crippen molar-refractivity contribution >= 4 is 24.0 Å². The molecule has 11 nitrogen and oxygen atoms in total. The average molecular weight is 508 g/mol. The van der Waals surface area contributed by atoms with Crippen molar-refractivity contribution in [2.75, 3.05) is 37.8 Å². The number of hydrogen-bond acceptors (Lipinski definition) is 9. The molecule has 3 aliphatic rings. The molecule has 3 aliphatic heterocycles. The summed E-state index contributed by atoms with van der Waals surface area (Å²) in [6, 6.07) is 9.46. The standard InChI is InChI=1S/C26H33N7O4/c1-17-9-20-11-19(4-5-21(20)25(35)37-17)22-13-32-8-7-31(14-26(32,2)15-36-22)24(34)10-18-3-6-23(29-12-18)33(28)16-30-27/h3-6,11-12,16-17,22H,7-10,13-15,27-28H2,1-2H3/b30-16-. The Morgan fingerprint density at radius 1 is 1.32 bits per heavy atom. The van der Waals surface area contributed by atoms with E-state index < -0.39 is 0 Å². The number of piperazine rings is 1. The van der Waals surface area contributed by atoms with Crippen LogP contribution in [0.5, 0.6) is 0 Å². The maximum atomic E-state index is 13.1. The minimum absolute atomic E-state index is 0.0568. The Hall–Kier alpha value is -3.54. The van der Waals surface area contributed by atoms with Crippen molar-refractivity contribution < 1.29 is 19.1 Å². The Balaban J connectivity index is 1.20. The predicted octanol–water partition coefficient (Wildman–Crippen LogP) is 0.982. The quantitative estimate of drug-likeness (QED) is 0.199. The van der Waals surface area contributed by atoms with Crippen molar-refractivity contribution in [1.82, 2.24) is 14.8 Å². The third-order valence-electron chi connectivity index (χ3n) is 7.43. The number of ether oxygens (including phenoxy) is 2. The number of carbonyl (C=O) groups excluding carboxylic acids is 2. The summed E-state index contributed by atoms with van der Waals surface area (Å²) in [6.07, 6.45) is 3.67. The maximum absolute atomic E-state index is 13.1. The van der Waals surface area contributed by atoms with Crippen molar-refractivity contribution in [2.24, 2.45) is 16.8 Å². The van der Waals surface area contributed by atoms with E-state index in [1.165, 1.54) is 11.3 Å². The molecule has 0 saturated carbocycles. The lowest BCUT2D eigenvalue weighted by molar-refractivity contribution is -0.153. The fraction of sp³-hybridized carbons (Fsp3) is 0.462. The lowest BCUT2D eigenvalue weighted by atomic mass is 9.91. The lowest BCUT2D eigenvalue weighted by Gasteiger charge is -2.53. The number of hydrazone groups is 1. The van der Waals surface area contributed by atoms with Crippen LogP contribution in [0.25, 0.3) is 0 Å². The summed E-state index contributed by atoms with van der Waals surface area (Å²) in [7, 11) is 0. The van der Waals surface area contributed by atoms with Gasteiger partial charge in [0.2, 0.25) is 5.91 Å². The highest BCUT2D eigenvalue weighted by molar-refractivity contribution is 5.92. The first-order valence-corrected chi connectivity index (χ1v) is 12.5. The van der Waals surface area contributed by atoms with Crippen LogP contribution in [-0.4, -0.2) is 77.4 Å². The maximum Gasteiger partial charge on any atom is 0.338 e. The highest BCUT2D eigenvalue weighted by Crippen LogP contribution is 2.34. The summed E-state index contributed by atoms with van der Waals surface area (Å²) < 4.78 is 11.7. The van der Waals surface area contributed by atoms with Gasteiger partial charge >= 0.3 is 5.97 Å². The zero-order chi connectivity index (χ0) is 26.2. The molecule has 0 radical (unpaired) electrons. The molecule has 2 aromatic rings. The Bertz CT molecular complexity index is 1200. The summed E-state index contributed by atoms with van der Waals surface area (Å²) in [5.41, 5.74) is 3.28. The number of fused-ring (bicyclic) bond motifs is 2. The van der Waals surface area contributed by atoms with Gasteiger partial charge in [-0.15, -0.1) is 0 Å². The van der Waals surface area contributed by atoms with Crippen molar-refractivity contribution in [2.45, 2.75) is 44.4 Å². The molecule has 11 heteroatoms. The predicted molar refractivity (Wildman–Crippen MR) is 138 cm³/mol. The number of nitrogens with two attached hydrogens (primary N) is 2. The van der Waals surface area contributed by atoms with Crippen LogP contribution in [0.4, 0.5) is 5.82 Å². The number of benzene rings is 1. The molecule has 196 valence electrons. The summed E-state index contributed by atoms with van der Waals surface area (Å²) >= 11 is 0. The SMILES string of the molecule is CC1Cc2cc(C3CN4CCN(C(=O)Cc5ccc(N(N)/C=N\N)nc5)CC4(C)CO3)ccc2C(=O)O1. The van der Waals surface area contributed by atoms with Crippen molar-refractivity contribution in [3.63, 3.8) is 0 Å². The first kappa shape index (κ1) is 25.1. The topological polar surface area (TPSA) is 140 Å². The van der Waals surface area contributed by atoms with Crippen LogP contribution in [0.1, 0.15) is 47.0 Å². The molecule has 0 bridgehead atoms. The third kappa shape index (κ3) is 5.15. The lowest BCUT2D eigenvalue weighted by Crippen LogP contribution is -2.66. The molecule has 37 heavy (non-hydrogen) atoms. The van der Waals surface area contributed by atoms with Gasteiger partial charge in [-0.1, -0.05) is 18.2 Å². The largest absolute Gasteiger partial charge is 0.459 e. The van der Waals surface area contributed by atoms with Crippen molar-refractivity contribution in [3.05, 3.63) is 58.8 Å². The Labute approximate surface area is 216 Å². The minimum Gasteiger partial charge on any atom is -0.459 e. The molecule has 2 fully saturated rings. The smallest absolute Gasteiger partial charge is 0.338 e. The summed E-state index contributed by atoms with van der Waals surface area (Å²) in [6.45, 7) is 7.35. The van der Waals surface area contributed by atoms with E-state index in [4.69, 9.17) is 21.2 Å². The second-order valence-corrected chi connectivity index (χ2v) is 10.3. The van der Waals surface area contributed by atoms with Crippen LogP contribution < -0.4 is 16.7 Å². The molecule has 1 aromatic heterocycles. The molecule has 5 rings (SSSR count). The van der Waals surface area contributed by atoms with Crippen LogP contribution in [0, 0.1) is 0 Å². The number of carbonyl (C=O) groups is 2. The highest BCUT2D eigenvalue weighted by Gasteiger charge is 2.44. The van der Waals surface area contributed by atoms with E-state index in [0.717, 1.165) is 29.8 Å². The zero-order valence-electron chi connectivity index (χ0n) is 21.2. The van der Waals surface area contributed by atoms with E-state index in [1.54, 1.807) is 12.3 Å². The van der Waals surface area contributed by atoms with Crippen LogP contribution >= 0.6 is 0 Å². The van der Waals surface area contributed by atoms with Crippen molar-refractivity contribution in [3.8, 4) is 0 Å². The fourth-order valence-electron chi connectivity index (χ4n) is 5.37. The number of rotatable bonds is 5. The first-order valence-electron chi connectivity index (χ1n) is 12.5. The van der Waals surface area contributed by atoms with Crippen LogP contribution in [0.15, 0.2) is 41.6 Å². The molecule has 2 saturated heterocycles. The molecule has 4 N–H and O–H groups in total. The highest BCUT2D eigenvalue weighted by atomic mass is 16.5. The number of pyridine rings is 1. The molecule has 0 spiro atoms. The summed E-state index contributed by atoms with van der Waals surface area (Å²) in [5.74, 6) is 11.2. The number of anilines is 1. The van der Waals surface area contributed by atoms with Crippen LogP contribution in [0.3, 0.4) is 0 Å². The molecule has 4 heterocycles. The van der Waals surface area contributed by atoms with Gasteiger partial charge in [-0.05, 0) is 42.7 Å². The van der Waals surface area contributed by atoms with E-state index >= 15 is 0 Å². The number of nitrogens with zero attached hydrogens (tertiary/aromatic N) is 5. The third-order valence-corrected chi connectivity index (χ3v) is 7.43. The van der Waals surface area contributed by atoms with Crippen LogP contribution in [0.2, 0.25) is 0 Å². The van der Waals surface area contributed by atoms with E-state index in [0.29, 0.717) is 37.5 Å². The summed E-state index contributed by atoms with van der Waals surface area (Å²) in [5, 5.41) is 4.58. The van der Waals surface area contributed by atoms with E-state index in [9.17, 15) is 9.59 Å². The molecule has 1 aromatic carbocycles. The number of cyclic esters (lactones) is 1. The van der Waals surface area contributed by atoms with Gasteiger partial charge in [0.15, 0.2) is 0 Å². The molecular weight excluding hydrogens is 474 g/mol. The first-order chi connectivity index (χ1) is 17.8. The second-order valence-electron chi connectivity index (χ2n) is 10.3. The van der Waals surface area contributed by atoms with Gasteiger partial charge in [0.25, 0.3) is 0 Å². The van der Waals surface area contributed by atoms with E-state index in [2.05, 4.69) is 28.0 Å². The van der Waals surface area contributed by atoms with Gasteiger partial charge in [0, 0.05) is 38.8 Å². The van der Waals surface area contributed by atoms with Gasteiger partial charge in [-0.3, -0.25) is 9.69 Å². The van der Waals surface area contributed by atoms with Gasteiger partial charge in [0.05, 0.1) is 30.2 Å². The van der Waals surface area contributed by atoms with Crippen LogP contribution in [-0.2, 0) is 27.1 Å². The Morgan fingerprint density at radius 2 is 2.16 bits per heavy atom. The Kier molecular flexibility index (Phi) is 6.84. The van der Waals surface area contributed by atoms with E-state index in [1.807, 2.05) is 30.0 Å². The average Bonchev–Trinajstić information content (AvgIpc) is 2.88. The van der Waals surface area contributed by atoms with Crippen molar-refractivity contribution in [1.29, 1.82) is 0 Å². The molecule has 3 unspecified atom stereocenters. The van der Waals surface area contributed by atoms with Gasteiger partial charge < -0.3 is 20.2 Å². The summed E-state index contributed by atoms with van der Waals surface area (Å²) in [4.78, 5) is 33.9. The number of aromatic nitrogens is 1. The number of esters is 1. The molecular formula is C26H33N7O4. The van der Waals surface area contributed by atoms with Gasteiger partial charge in [0.1, 0.15) is 18.3 Å². The Morgan fingerprint density at radius 3 is 2.92 bits per heavy atom. The zero-order valence-corrected chi connectivity index (χ0v) is 21.2. The molecule has 0 aliphatic carbocycles. The molecule has 3 atom stereocenters. The van der Waals surface area contributed by atoms with Gasteiger partial charge in [-0.25, -0.2) is 20.6 Å². The monoisotopic (exact) mass is 507 g/mol. The van der Waals surface area contributed by atoms with Gasteiger partial charge in [-0.2, -0.15) is 5.10 Å².